The van der Waals surface area contributed by atoms with E-state index in [9.17, 15) is 14.0 Å². The van der Waals surface area contributed by atoms with Crippen LogP contribution in [0.1, 0.15) is 19.4 Å². The third kappa shape index (κ3) is 1.62. The molecule has 0 unspecified atom stereocenters. The Hall–Kier alpha value is -1.47. The Balaban J connectivity index is 2.50. The van der Waals surface area contributed by atoms with Crippen molar-refractivity contribution in [2.45, 2.75) is 19.3 Å². The molecule has 0 bridgehead atoms. The van der Waals surface area contributed by atoms with Crippen LogP contribution in [0.5, 0.6) is 0 Å². The fraction of sp³-hybridized carbons (Fsp3) is 0.462. The third-order valence-corrected chi connectivity index (χ3v) is 3.65. The molecule has 0 N–H and O–H groups in total. The second-order valence-electron chi connectivity index (χ2n) is 4.94. The van der Waals surface area contributed by atoms with Crippen LogP contribution >= 0.6 is 0 Å². The first kappa shape index (κ1) is 12.0. The van der Waals surface area contributed by atoms with Crippen molar-refractivity contribution < 1.29 is 13.5 Å². The fourth-order valence-electron chi connectivity index (χ4n) is 2.10. The zero-order valence-corrected chi connectivity index (χ0v) is 9.76. The van der Waals surface area contributed by atoms with Crippen LogP contribution in [0.3, 0.4) is 0 Å². The number of hydrogen-bond acceptors (Lipinski definition) is 2. The highest BCUT2D eigenvalue weighted by Crippen LogP contribution is 2.47. The van der Waals surface area contributed by atoms with Gasteiger partial charge < -0.3 is 4.74 Å². The number of ether oxygens (including phenoxy) is 1. The zero-order chi connectivity index (χ0) is 12.7. The maximum atomic E-state index is 13.3. The van der Waals surface area contributed by atoms with Gasteiger partial charge in [-0.3, -0.25) is 0 Å². The molecule has 0 aliphatic carbocycles. The Labute approximate surface area is 98.8 Å². The van der Waals surface area contributed by atoms with Crippen molar-refractivity contribution in [1.82, 2.24) is 0 Å². The molecule has 0 saturated carbocycles. The van der Waals surface area contributed by atoms with E-state index in [4.69, 9.17) is 4.74 Å². The molecule has 1 aromatic carbocycles. The number of nitriles is 1. The summed E-state index contributed by atoms with van der Waals surface area (Å²) < 4.78 is 31.4. The van der Waals surface area contributed by atoms with Crippen LogP contribution in [-0.4, -0.2) is 13.2 Å². The van der Waals surface area contributed by atoms with Crippen molar-refractivity contribution in [2.24, 2.45) is 5.41 Å². The summed E-state index contributed by atoms with van der Waals surface area (Å²) in [6, 6.07) is 6.01. The number of hydrogen-bond donors (Lipinski definition) is 0. The highest BCUT2D eigenvalue weighted by molar-refractivity contribution is 5.34. The molecule has 0 amide bonds. The summed E-state index contributed by atoms with van der Waals surface area (Å²) in [7, 11) is 0. The average Bonchev–Trinajstić information content (AvgIpc) is 2.21. The predicted octanol–water partition coefficient (Wildman–Crippen LogP) is 2.78. The molecule has 2 nitrogen and oxygen atoms in total. The summed E-state index contributed by atoms with van der Waals surface area (Å²) in [5, 5.41) is 9.21. The molecule has 0 aromatic heterocycles. The molecule has 0 spiro atoms. The van der Waals surface area contributed by atoms with E-state index in [0.717, 1.165) is 12.1 Å². The largest absolute Gasteiger partial charge is 0.379 e. The highest BCUT2D eigenvalue weighted by atomic mass is 19.2. The normalized spacial score (nSPS) is 18.3. The van der Waals surface area contributed by atoms with Crippen molar-refractivity contribution >= 4 is 0 Å². The van der Waals surface area contributed by atoms with Crippen molar-refractivity contribution in [2.75, 3.05) is 13.2 Å². The zero-order valence-electron chi connectivity index (χ0n) is 9.76. The smallest absolute Gasteiger partial charge is 0.159 e. The SMILES string of the molecule is CC(C)(C#N)C1(c2ccc(F)c(F)c2)COC1. The predicted molar refractivity (Wildman–Crippen MR) is 58.2 cm³/mol. The van der Waals surface area contributed by atoms with Crippen LogP contribution < -0.4 is 0 Å². The number of halogens is 2. The molecular formula is C13H13F2NO. The lowest BCUT2D eigenvalue weighted by Crippen LogP contribution is -2.56. The van der Waals surface area contributed by atoms with Gasteiger partial charge in [-0.05, 0) is 31.5 Å². The molecule has 2 rings (SSSR count). The molecule has 0 radical (unpaired) electrons. The van der Waals surface area contributed by atoms with E-state index in [1.807, 2.05) is 0 Å². The second kappa shape index (κ2) is 3.78. The average molecular weight is 237 g/mol. The molecule has 1 heterocycles. The second-order valence-corrected chi connectivity index (χ2v) is 4.94. The first-order valence-electron chi connectivity index (χ1n) is 5.37. The topological polar surface area (TPSA) is 33.0 Å². The van der Waals surface area contributed by atoms with E-state index in [2.05, 4.69) is 6.07 Å². The number of nitrogens with zero attached hydrogens (tertiary/aromatic N) is 1. The minimum absolute atomic E-state index is 0.360. The summed E-state index contributed by atoms with van der Waals surface area (Å²) in [5.74, 6) is -1.76. The van der Waals surface area contributed by atoms with Crippen LogP contribution in [0.15, 0.2) is 18.2 Å². The van der Waals surface area contributed by atoms with Crippen molar-refractivity contribution in [3.8, 4) is 6.07 Å². The van der Waals surface area contributed by atoms with Crippen molar-refractivity contribution in [1.29, 1.82) is 5.26 Å². The van der Waals surface area contributed by atoms with Gasteiger partial charge in [0.2, 0.25) is 0 Å². The van der Waals surface area contributed by atoms with Gasteiger partial charge in [0.15, 0.2) is 11.6 Å². The van der Waals surface area contributed by atoms with E-state index in [1.54, 1.807) is 13.8 Å². The van der Waals surface area contributed by atoms with E-state index in [0.29, 0.717) is 18.8 Å². The fourth-order valence-corrected chi connectivity index (χ4v) is 2.10. The molecule has 1 fully saturated rings. The van der Waals surface area contributed by atoms with Crippen LogP contribution in [0, 0.1) is 28.4 Å². The monoisotopic (exact) mass is 237 g/mol. The lowest BCUT2D eigenvalue weighted by atomic mass is 9.61. The molecule has 1 aliphatic rings. The maximum absolute atomic E-state index is 13.3. The van der Waals surface area contributed by atoms with Crippen LogP contribution in [0.2, 0.25) is 0 Å². The minimum atomic E-state index is -0.887. The van der Waals surface area contributed by atoms with E-state index < -0.39 is 22.5 Å². The maximum Gasteiger partial charge on any atom is 0.159 e. The van der Waals surface area contributed by atoms with Gasteiger partial charge in [-0.2, -0.15) is 5.26 Å². The first-order chi connectivity index (χ1) is 7.93. The molecule has 90 valence electrons. The minimum Gasteiger partial charge on any atom is -0.379 e. The van der Waals surface area contributed by atoms with Gasteiger partial charge in [0.25, 0.3) is 0 Å². The first-order valence-corrected chi connectivity index (χ1v) is 5.37. The van der Waals surface area contributed by atoms with E-state index in [-0.39, 0.29) is 0 Å². The Bertz CT molecular complexity index is 487. The van der Waals surface area contributed by atoms with Gasteiger partial charge in [-0.15, -0.1) is 0 Å². The molecule has 17 heavy (non-hydrogen) atoms. The lowest BCUT2D eigenvalue weighted by Gasteiger charge is -2.49. The summed E-state index contributed by atoms with van der Waals surface area (Å²) in [5.41, 5.74) is -0.611. The quantitative estimate of drug-likeness (QED) is 0.792. The van der Waals surface area contributed by atoms with Crippen LogP contribution in [0.4, 0.5) is 8.78 Å². The number of benzene rings is 1. The van der Waals surface area contributed by atoms with Gasteiger partial charge >= 0.3 is 0 Å². The lowest BCUT2D eigenvalue weighted by molar-refractivity contribution is -0.103. The molecule has 4 heteroatoms. The van der Waals surface area contributed by atoms with Gasteiger partial charge in [-0.1, -0.05) is 6.07 Å². The van der Waals surface area contributed by atoms with Gasteiger partial charge in [0.1, 0.15) is 0 Å². The summed E-state index contributed by atoms with van der Waals surface area (Å²) in [6.07, 6.45) is 0. The Morgan fingerprint density at radius 2 is 1.94 bits per heavy atom. The molecule has 1 aromatic rings. The highest BCUT2D eigenvalue weighted by Gasteiger charge is 2.52. The van der Waals surface area contributed by atoms with Crippen molar-refractivity contribution in [3.05, 3.63) is 35.4 Å². The van der Waals surface area contributed by atoms with E-state index in [1.165, 1.54) is 6.07 Å². The van der Waals surface area contributed by atoms with Gasteiger partial charge in [0, 0.05) is 0 Å². The van der Waals surface area contributed by atoms with Crippen molar-refractivity contribution in [3.63, 3.8) is 0 Å². The molecular weight excluding hydrogens is 224 g/mol. The Morgan fingerprint density at radius 3 is 2.35 bits per heavy atom. The Kier molecular flexibility index (Phi) is 2.67. The standard InChI is InChI=1S/C13H13F2NO/c1-12(2,6-16)13(7-17-8-13)9-3-4-10(14)11(15)5-9/h3-5H,7-8H2,1-2H3. The van der Waals surface area contributed by atoms with Gasteiger partial charge in [0.05, 0.1) is 30.1 Å². The third-order valence-electron chi connectivity index (χ3n) is 3.65. The molecule has 1 aliphatic heterocycles. The number of rotatable bonds is 2. The van der Waals surface area contributed by atoms with Crippen LogP contribution in [0.25, 0.3) is 0 Å². The van der Waals surface area contributed by atoms with E-state index >= 15 is 0 Å². The molecule has 1 saturated heterocycles. The molecule has 0 atom stereocenters. The van der Waals surface area contributed by atoms with Gasteiger partial charge in [-0.25, -0.2) is 8.78 Å². The van der Waals surface area contributed by atoms with Crippen LogP contribution in [-0.2, 0) is 10.2 Å². The Morgan fingerprint density at radius 1 is 1.29 bits per heavy atom. The summed E-state index contributed by atoms with van der Waals surface area (Å²) >= 11 is 0. The summed E-state index contributed by atoms with van der Waals surface area (Å²) in [6.45, 7) is 4.30. The summed E-state index contributed by atoms with van der Waals surface area (Å²) in [4.78, 5) is 0.